The average Bonchev–Trinajstić information content (AvgIpc) is 2.26. The fourth-order valence-electron chi connectivity index (χ4n) is 1.19. The van der Waals surface area contributed by atoms with Crippen LogP contribution in [-0.4, -0.2) is 29.4 Å². The van der Waals surface area contributed by atoms with Gasteiger partial charge in [-0.2, -0.15) is 0 Å². The summed E-state index contributed by atoms with van der Waals surface area (Å²) in [5, 5.41) is 11.1. The third-order valence-corrected chi connectivity index (χ3v) is 2.01. The number of carboxylic acids is 1. The summed E-state index contributed by atoms with van der Waals surface area (Å²) in [5.41, 5.74) is 0.586. The number of carbonyl (C=O) groups is 2. The van der Waals surface area contributed by atoms with Gasteiger partial charge in [-0.3, -0.25) is 14.9 Å². The van der Waals surface area contributed by atoms with E-state index in [2.05, 4.69) is 5.32 Å². The second-order valence-electron chi connectivity index (χ2n) is 3.23. The second kappa shape index (κ2) is 5.26. The quantitative estimate of drug-likeness (QED) is 0.705. The molecule has 1 aromatic rings. The zero-order valence-corrected chi connectivity index (χ0v) is 8.43. The minimum atomic E-state index is -0.970. The molecule has 0 aliphatic heterocycles. The van der Waals surface area contributed by atoms with E-state index in [1.165, 1.54) is 0 Å². The lowest BCUT2D eigenvalue weighted by atomic mass is 10.1. The molecule has 0 fully saturated rings. The van der Waals surface area contributed by atoms with E-state index in [0.717, 1.165) is 0 Å². The van der Waals surface area contributed by atoms with Crippen LogP contribution in [0.4, 0.5) is 0 Å². The number of carbonyl (C=O) groups excluding carboxylic acids is 1. The van der Waals surface area contributed by atoms with Crippen LogP contribution >= 0.6 is 0 Å². The minimum absolute atomic E-state index is 0.100. The van der Waals surface area contributed by atoms with Gasteiger partial charge in [0.25, 0.3) is 0 Å². The van der Waals surface area contributed by atoms with Gasteiger partial charge in [0.2, 0.25) is 0 Å². The van der Waals surface area contributed by atoms with Crippen LogP contribution in [0.2, 0.25) is 0 Å². The summed E-state index contributed by atoms with van der Waals surface area (Å²) >= 11 is 0. The Morgan fingerprint density at radius 2 is 1.93 bits per heavy atom. The number of Topliss-reactive ketones (excluding diaryl/α,β-unsaturated/α-hetero) is 1. The predicted molar refractivity (Wildman–Crippen MR) is 55.9 cm³/mol. The summed E-state index contributed by atoms with van der Waals surface area (Å²) in [4.78, 5) is 22.0. The van der Waals surface area contributed by atoms with Gasteiger partial charge in [-0.05, 0) is 6.92 Å². The number of hydrogen-bond donors (Lipinski definition) is 2. The fraction of sp³-hybridized carbons (Fsp3) is 0.273. The van der Waals surface area contributed by atoms with Crippen molar-refractivity contribution in [3.8, 4) is 0 Å². The maximum Gasteiger partial charge on any atom is 0.317 e. The van der Waals surface area contributed by atoms with Gasteiger partial charge in [0.05, 0.1) is 12.6 Å². The molecule has 0 bridgehead atoms. The van der Waals surface area contributed by atoms with Gasteiger partial charge in [0, 0.05) is 5.56 Å². The molecule has 0 radical (unpaired) electrons. The minimum Gasteiger partial charge on any atom is -0.480 e. The molecule has 0 aliphatic rings. The van der Waals surface area contributed by atoms with E-state index in [4.69, 9.17) is 5.11 Å². The number of rotatable bonds is 5. The lowest BCUT2D eigenvalue weighted by molar-refractivity contribution is -0.136. The molecule has 4 heteroatoms. The fourth-order valence-corrected chi connectivity index (χ4v) is 1.19. The maximum absolute atomic E-state index is 11.7. The molecule has 1 atom stereocenters. The van der Waals surface area contributed by atoms with Crippen LogP contribution in [0.15, 0.2) is 30.3 Å². The van der Waals surface area contributed by atoms with Crippen LogP contribution in [0.5, 0.6) is 0 Å². The first kappa shape index (κ1) is 11.4. The van der Waals surface area contributed by atoms with Crippen molar-refractivity contribution in [2.24, 2.45) is 0 Å². The molecule has 1 unspecified atom stereocenters. The molecule has 0 aliphatic carbocycles. The Kier molecular flexibility index (Phi) is 4.00. The van der Waals surface area contributed by atoms with Gasteiger partial charge >= 0.3 is 5.97 Å². The van der Waals surface area contributed by atoms with Gasteiger partial charge in [-0.1, -0.05) is 30.3 Å². The number of hydrogen-bond acceptors (Lipinski definition) is 3. The SMILES string of the molecule is CC(NCC(=O)O)C(=O)c1ccccc1. The maximum atomic E-state index is 11.7. The van der Waals surface area contributed by atoms with Crippen LogP contribution in [0, 0.1) is 0 Å². The van der Waals surface area contributed by atoms with Crippen molar-refractivity contribution in [3.05, 3.63) is 35.9 Å². The normalized spacial score (nSPS) is 12.1. The molecule has 0 amide bonds. The van der Waals surface area contributed by atoms with Gasteiger partial charge in [-0.25, -0.2) is 0 Å². The van der Waals surface area contributed by atoms with E-state index in [1.807, 2.05) is 6.07 Å². The first-order valence-corrected chi connectivity index (χ1v) is 4.65. The monoisotopic (exact) mass is 207 g/mol. The smallest absolute Gasteiger partial charge is 0.317 e. The Labute approximate surface area is 87.9 Å². The van der Waals surface area contributed by atoms with E-state index in [-0.39, 0.29) is 12.3 Å². The Hall–Kier alpha value is -1.68. The number of carboxylic acid groups (broad SMARTS) is 1. The summed E-state index contributed by atoms with van der Waals surface area (Å²) in [6.07, 6.45) is 0. The summed E-state index contributed by atoms with van der Waals surface area (Å²) < 4.78 is 0. The van der Waals surface area contributed by atoms with Crippen LogP contribution in [0.1, 0.15) is 17.3 Å². The predicted octanol–water partition coefficient (Wildman–Crippen LogP) is 0.932. The number of benzene rings is 1. The largest absolute Gasteiger partial charge is 0.480 e. The highest BCUT2D eigenvalue weighted by Gasteiger charge is 2.14. The molecular weight excluding hydrogens is 194 g/mol. The number of nitrogens with one attached hydrogen (secondary N) is 1. The molecular formula is C11H13NO3. The van der Waals surface area contributed by atoms with Crippen LogP contribution in [-0.2, 0) is 4.79 Å². The van der Waals surface area contributed by atoms with Crippen molar-refractivity contribution in [2.45, 2.75) is 13.0 Å². The summed E-state index contributed by atoms with van der Waals surface area (Å²) in [7, 11) is 0. The Morgan fingerprint density at radius 1 is 1.33 bits per heavy atom. The van der Waals surface area contributed by atoms with Gasteiger partial charge in [-0.15, -0.1) is 0 Å². The third-order valence-electron chi connectivity index (χ3n) is 2.01. The standard InChI is InChI=1S/C11H13NO3/c1-8(12-7-10(13)14)11(15)9-5-3-2-4-6-9/h2-6,8,12H,7H2,1H3,(H,13,14). The third kappa shape index (κ3) is 3.52. The van der Waals surface area contributed by atoms with Crippen LogP contribution in [0.3, 0.4) is 0 Å². The molecule has 0 aromatic heterocycles. The highest BCUT2D eigenvalue weighted by molar-refractivity contribution is 5.99. The molecule has 2 N–H and O–H groups in total. The van der Waals surface area contributed by atoms with Gasteiger partial charge in [0.15, 0.2) is 5.78 Å². The summed E-state index contributed by atoms with van der Waals surface area (Å²) in [5.74, 6) is -1.07. The zero-order chi connectivity index (χ0) is 11.3. The van der Waals surface area contributed by atoms with E-state index in [1.54, 1.807) is 31.2 Å². The Bertz CT molecular complexity index is 348. The van der Waals surface area contributed by atoms with Crippen molar-refractivity contribution in [2.75, 3.05) is 6.54 Å². The molecule has 15 heavy (non-hydrogen) atoms. The van der Waals surface area contributed by atoms with E-state index in [9.17, 15) is 9.59 Å². The van der Waals surface area contributed by atoms with Crippen LogP contribution < -0.4 is 5.32 Å². The highest BCUT2D eigenvalue weighted by atomic mass is 16.4. The van der Waals surface area contributed by atoms with Crippen molar-refractivity contribution in [3.63, 3.8) is 0 Å². The molecule has 0 spiro atoms. The molecule has 1 aromatic carbocycles. The molecule has 0 saturated heterocycles. The summed E-state index contributed by atoms with van der Waals surface area (Å²) in [6.45, 7) is 1.44. The highest BCUT2D eigenvalue weighted by Crippen LogP contribution is 2.02. The van der Waals surface area contributed by atoms with Crippen molar-refractivity contribution < 1.29 is 14.7 Å². The van der Waals surface area contributed by atoms with Crippen molar-refractivity contribution in [1.29, 1.82) is 0 Å². The zero-order valence-electron chi connectivity index (χ0n) is 8.43. The first-order chi connectivity index (χ1) is 7.11. The Morgan fingerprint density at radius 3 is 2.47 bits per heavy atom. The van der Waals surface area contributed by atoms with E-state index < -0.39 is 12.0 Å². The van der Waals surface area contributed by atoms with E-state index >= 15 is 0 Å². The molecule has 1 rings (SSSR count). The van der Waals surface area contributed by atoms with Gasteiger partial charge < -0.3 is 5.11 Å². The molecule has 80 valence electrons. The van der Waals surface area contributed by atoms with Crippen LogP contribution in [0.25, 0.3) is 0 Å². The lowest BCUT2D eigenvalue weighted by Gasteiger charge is -2.10. The Balaban J connectivity index is 2.57. The second-order valence-corrected chi connectivity index (χ2v) is 3.23. The summed E-state index contributed by atoms with van der Waals surface area (Å²) in [6, 6.07) is 8.31. The number of aliphatic carboxylic acids is 1. The van der Waals surface area contributed by atoms with Crippen molar-refractivity contribution in [1.82, 2.24) is 5.32 Å². The molecule has 4 nitrogen and oxygen atoms in total. The molecule has 0 saturated carbocycles. The van der Waals surface area contributed by atoms with E-state index in [0.29, 0.717) is 5.56 Å². The number of ketones is 1. The topological polar surface area (TPSA) is 66.4 Å². The van der Waals surface area contributed by atoms with Gasteiger partial charge in [0.1, 0.15) is 0 Å². The lowest BCUT2D eigenvalue weighted by Crippen LogP contribution is -2.37. The molecule has 0 heterocycles. The van der Waals surface area contributed by atoms with Crippen molar-refractivity contribution >= 4 is 11.8 Å². The average molecular weight is 207 g/mol. The first-order valence-electron chi connectivity index (χ1n) is 4.65.